The summed E-state index contributed by atoms with van der Waals surface area (Å²) in [5.41, 5.74) is 0.835. The third-order valence-corrected chi connectivity index (χ3v) is 4.31. The number of hydrogen-bond acceptors (Lipinski definition) is 4. The first kappa shape index (κ1) is 15.0. The molecule has 1 amide bonds. The van der Waals surface area contributed by atoms with E-state index < -0.39 is 0 Å². The molecule has 112 valence electrons. The Morgan fingerprint density at radius 1 is 1.50 bits per heavy atom. The summed E-state index contributed by atoms with van der Waals surface area (Å²) in [7, 11) is 0. The SMILES string of the molecule is CCC(C)c1cc(C(=O)NC2CCC(CO)CC2)on1. The molecule has 1 fully saturated rings. The Kier molecular flexibility index (Phi) is 5.17. The third-order valence-electron chi connectivity index (χ3n) is 4.31. The molecule has 20 heavy (non-hydrogen) atoms. The normalized spacial score (nSPS) is 24.4. The van der Waals surface area contributed by atoms with Gasteiger partial charge in [-0.2, -0.15) is 0 Å². The van der Waals surface area contributed by atoms with Crippen molar-refractivity contribution in [2.24, 2.45) is 5.92 Å². The van der Waals surface area contributed by atoms with Crippen LogP contribution in [0.3, 0.4) is 0 Å². The quantitative estimate of drug-likeness (QED) is 0.868. The number of nitrogens with one attached hydrogen (secondary N) is 1. The third kappa shape index (κ3) is 3.60. The van der Waals surface area contributed by atoms with Crippen LogP contribution in [0.25, 0.3) is 0 Å². The molecule has 0 saturated heterocycles. The molecule has 1 aliphatic rings. The second kappa shape index (κ2) is 6.88. The molecule has 0 aromatic carbocycles. The minimum atomic E-state index is -0.181. The number of aliphatic hydroxyl groups excluding tert-OH is 1. The minimum absolute atomic E-state index is 0.181. The standard InChI is InChI=1S/C15H24N2O3/c1-3-10(2)13-8-14(20-17-13)15(19)16-12-6-4-11(9-18)5-7-12/h8,10-12,18H,3-7,9H2,1-2H3,(H,16,19). The van der Waals surface area contributed by atoms with Crippen molar-refractivity contribution >= 4 is 5.91 Å². The Hall–Kier alpha value is -1.36. The first-order valence-corrected chi connectivity index (χ1v) is 7.52. The van der Waals surface area contributed by atoms with E-state index in [1.165, 1.54) is 0 Å². The van der Waals surface area contributed by atoms with Crippen LogP contribution >= 0.6 is 0 Å². The number of amides is 1. The fourth-order valence-electron chi connectivity index (χ4n) is 2.58. The van der Waals surface area contributed by atoms with Gasteiger partial charge in [-0.05, 0) is 38.0 Å². The minimum Gasteiger partial charge on any atom is -0.396 e. The summed E-state index contributed by atoms with van der Waals surface area (Å²) in [6.45, 7) is 4.40. The Bertz CT molecular complexity index is 436. The first-order valence-electron chi connectivity index (χ1n) is 7.52. The largest absolute Gasteiger partial charge is 0.396 e. The molecule has 5 nitrogen and oxygen atoms in total. The second-order valence-electron chi connectivity index (χ2n) is 5.80. The molecule has 0 aliphatic heterocycles. The molecule has 0 spiro atoms. The molecule has 2 rings (SSSR count). The van der Waals surface area contributed by atoms with E-state index in [-0.39, 0.29) is 18.6 Å². The number of aromatic nitrogens is 1. The van der Waals surface area contributed by atoms with Crippen LogP contribution in [0.2, 0.25) is 0 Å². The topological polar surface area (TPSA) is 75.4 Å². The lowest BCUT2D eigenvalue weighted by molar-refractivity contribution is 0.0876. The highest BCUT2D eigenvalue weighted by atomic mass is 16.5. The molecule has 1 aromatic heterocycles. The summed E-state index contributed by atoms with van der Waals surface area (Å²) < 4.78 is 5.13. The van der Waals surface area contributed by atoms with E-state index in [4.69, 9.17) is 9.63 Å². The second-order valence-corrected chi connectivity index (χ2v) is 5.80. The van der Waals surface area contributed by atoms with Crippen molar-refractivity contribution in [2.75, 3.05) is 6.61 Å². The van der Waals surface area contributed by atoms with Crippen molar-refractivity contribution < 1.29 is 14.4 Å². The van der Waals surface area contributed by atoms with Crippen LogP contribution in [-0.4, -0.2) is 28.8 Å². The fraction of sp³-hybridized carbons (Fsp3) is 0.733. The van der Waals surface area contributed by atoms with E-state index >= 15 is 0 Å². The number of carbonyl (C=O) groups excluding carboxylic acids is 1. The molecule has 0 radical (unpaired) electrons. The van der Waals surface area contributed by atoms with Gasteiger partial charge in [-0.15, -0.1) is 0 Å². The molecule has 1 atom stereocenters. The number of rotatable bonds is 5. The van der Waals surface area contributed by atoms with Crippen LogP contribution < -0.4 is 5.32 Å². The van der Waals surface area contributed by atoms with Gasteiger partial charge < -0.3 is 14.9 Å². The Morgan fingerprint density at radius 3 is 2.80 bits per heavy atom. The van der Waals surface area contributed by atoms with Crippen LogP contribution in [0.1, 0.15) is 68.1 Å². The highest BCUT2D eigenvalue weighted by Gasteiger charge is 2.24. The van der Waals surface area contributed by atoms with E-state index in [9.17, 15) is 4.79 Å². The van der Waals surface area contributed by atoms with E-state index in [1.54, 1.807) is 6.07 Å². The summed E-state index contributed by atoms with van der Waals surface area (Å²) in [4.78, 5) is 12.1. The Balaban J connectivity index is 1.87. The monoisotopic (exact) mass is 280 g/mol. The van der Waals surface area contributed by atoms with E-state index in [2.05, 4.69) is 24.3 Å². The van der Waals surface area contributed by atoms with Gasteiger partial charge in [0, 0.05) is 24.6 Å². The van der Waals surface area contributed by atoms with Crippen molar-refractivity contribution in [1.82, 2.24) is 10.5 Å². The van der Waals surface area contributed by atoms with Gasteiger partial charge in [-0.3, -0.25) is 4.79 Å². The van der Waals surface area contributed by atoms with Crippen molar-refractivity contribution in [3.8, 4) is 0 Å². The summed E-state index contributed by atoms with van der Waals surface area (Å²) in [6.07, 6.45) is 4.75. The van der Waals surface area contributed by atoms with Gasteiger partial charge in [0.2, 0.25) is 5.76 Å². The van der Waals surface area contributed by atoms with Gasteiger partial charge in [0.25, 0.3) is 5.91 Å². The van der Waals surface area contributed by atoms with E-state index in [1.807, 2.05) is 0 Å². The van der Waals surface area contributed by atoms with Gasteiger partial charge in [-0.25, -0.2) is 0 Å². The zero-order valence-corrected chi connectivity index (χ0v) is 12.3. The highest BCUT2D eigenvalue weighted by molar-refractivity contribution is 5.91. The summed E-state index contributed by atoms with van der Waals surface area (Å²) in [5, 5.41) is 16.1. The van der Waals surface area contributed by atoms with Crippen molar-refractivity contribution in [1.29, 1.82) is 0 Å². The molecule has 1 aromatic rings. The lowest BCUT2D eigenvalue weighted by Crippen LogP contribution is -2.37. The van der Waals surface area contributed by atoms with Crippen LogP contribution in [0.4, 0.5) is 0 Å². The lowest BCUT2D eigenvalue weighted by Gasteiger charge is -2.27. The van der Waals surface area contributed by atoms with E-state index in [0.29, 0.717) is 17.6 Å². The summed E-state index contributed by atoms with van der Waals surface area (Å²) in [6, 6.07) is 1.92. The van der Waals surface area contributed by atoms with Gasteiger partial charge >= 0.3 is 0 Å². The average molecular weight is 280 g/mol. The number of nitrogens with zero attached hydrogens (tertiary/aromatic N) is 1. The molecule has 1 heterocycles. The summed E-state index contributed by atoms with van der Waals surface area (Å²) >= 11 is 0. The molecule has 1 saturated carbocycles. The Labute approximate surface area is 119 Å². The predicted molar refractivity (Wildman–Crippen MR) is 75.5 cm³/mol. The molecular formula is C15H24N2O3. The number of aliphatic hydroxyl groups is 1. The average Bonchev–Trinajstić information content (AvgIpc) is 2.97. The van der Waals surface area contributed by atoms with Crippen LogP contribution in [0, 0.1) is 5.92 Å². The molecular weight excluding hydrogens is 256 g/mol. The Morgan fingerprint density at radius 2 is 2.20 bits per heavy atom. The maximum Gasteiger partial charge on any atom is 0.290 e. The highest BCUT2D eigenvalue weighted by Crippen LogP contribution is 2.24. The van der Waals surface area contributed by atoms with Crippen molar-refractivity contribution in [2.45, 2.75) is 57.9 Å². The maximum absolute atomic E-state index is 12.1. The lowest BCUT2D eigenvalue weighted by atomic mass is 9.86. The molecule has 1 unspecified atom stereocenters. The predicted octanol–water partition coefficient (Wildman–Crippen LogP) is 2.47. The smallest absolute Gasteiger partial charge is 0.290 e. The number of hydrogen-bond donors (Lipinski definition) is 2. The van der Waals surface area contributed by atoms with E-state index in [0.717, 1.165) is 37.8 Å². The van der Waals surface area contributed by atoms with Gasteiger partial charge in [-0.1, -0.05) is 19.0 Å². The van der Waals surface area contributed by atoms with Gasteiger partial charge in [0.1, 0.15) is 0 Å². The van der Waals surface area contributed by atoms with Crippen LogP contribution in [-0.2, 0) is 0 Å². The number of carbonyl (C=O) groups is 1. The molecule has 1 aliphatic carbocycles. The van der Waals surface area contributed by atoms with Crippen molar-refractivity contribution in [3.63, 3.8) is 0 Å². The maximum atomic E-state index is 12.1. The fourth-order valence-corrected chi connectivity index (χ4v) is 2.58. The van der Waals surface area contributed by atoms with Crippen LogP contribution in [0.15, 0.2) is 10.6 Å². The summed E-state index contributed by atoms with van der Waals surface area (Å²) in [5.74, 6) is 0.815. The zero-order chi connectivity index (χ0) is 14.5. The van der Waals surface area contributed by atoms with Gasteiger partial charge in [0.15, 0.2) is 0 Å². The zero-order valence-electron chi connectivity index (χ0n) is 12.3. The van der Waals surface area contributed by atoms with Gasteiger partial charge in [0.05, 0.1) is 5.69 Å². The molecule has 2 N–H and O–H groups in total. The van der Waals surface area contributed by atoms with Crippen molar-refractivity contribution in [3.05, 3.63) is 17.5 Å². The first-order chi connectivity index (χ1) is 9.63. The molecule has 0 bridgehead atoms. The molecule has 5 heteroatoms. The van der Waals surface area contributed by atoms with Crippen LogP contribution in [0.5, 0.6) is 0 Å².